The molecule has 2 heterocycles. The molecule has 2 N–H and O–H groups in total. The van der Waals surface area contributed by atoms with Gasteiger partial charge < -0.3 is 10.4 Å². The molecule has 4 nitrogen and oxygen atoms in total. The molecule has 66 valence electrons. The number of aromatic amines is 1. The average Bonchev–Trinajstić information content (AvgIpc) is 2.65. The van der Waals surface area contributed by atoms with E-state index >= 15 is 0 Å². The van der Waals surface area contributed by atoms with Crippen molar-refractivity contribution in [2.75, 3.05) is 13.1 Å². The molecular formula is C8H13N3O. The molecule has 1 unspecified atom stereocenters. The molecule has 1 saturated heterocycles. The van der Waals surface area contributed by atoms with E-state index in [-0.39, 0.29) is 5.56 Å². The number of H-pyrrole nitrogens is 1. The van der Waals surface area contributed by atoms with Crippen LogP contribution in [0.25, 0.3) is 0 Å². The van der Waals surface area contributed by atoms with Crippen LogP contribution >= 0.6 is 0 Å². The van der Waals surface area contributed by atoms with E-state index in [0.29, 0.717) is 5.92 Å². The summed E-state index contributed by atoms with van der Waals surface area (Å²) in [5.74, 6) is 0.612. The third-order valence-electron chi connectivity index (χ3n) is 2.33. The Labute approximate surface area is 70.6 Å². The second-order valence-electron chi connectivity index (χ2n) is 3.27. The Morgan fingerprint density at radius 2 is 2.58 bits per heavy atom. The van der Waals surface area contributed by atoms with Gasteiger partial charge in [-0.15, -0.1) is 0 Å². The van der Waals surface area contributed by atoms with Gasteiger partial charge in [0.1, 0.15) is 0 Å². The Bertz CT molecular complexity index is 295. The molecular weight excluding hydrogens is 154 g/mol. The lowest BCUT2D eigenvalue weighted by molar-refractivity contribution is 0.441. The molecule has 4 heteroatoms. The predicted molar refractivity (Wildman–Crippen MR) is 46.0 cm³/mol. The van der Waals surface area contributed by atoms with Gasteiger partial charge in [-0.1, -0.05) is 0 Å². The van der Waals surface area contributed by atoms with Crippen LogP contribution in [0.5, 0.6) is 0 Å². The molecule has 2 rings (SSSR count). The maximum atomic E-state index is 11.1. The SMILES string of the molecule is O=c1cc[nH]n1CC1CCNC1. The number of nitrogens with zero attached hydrogens (tertiary/aromatic N) is 1. The van der Waals surface area contributed by atoms with Crippen molar-refractivity contribution in [1.82, 2.24) is 15.1 Å². The second kappa shape index (κ2) is 3.15. The van der Waals surface area contributed by atoms with Crippen molar-refractivity contribution >= 4 is 0 Å². The quantitative estimate of drug-likeness (QED) is 0.640. The minimum absolute atomic E-state index is 0.0712. The molecule has 0 amide bonds. The van der Waals surface area contributed by atoms with Crippen LogP contribution in [0.1, 0.15) is 6.42 Å². The monoisotopic (exact) mass is 167 g/mol. The highest BCUT2D eigenvalue weighted by molar-refractivity contribution is 4.82. The first-order chi connectivity index (χ1) is 5.86. The molecule has 1 aromatic heterocycles. The maximum absolute atomic E-state index is 11.1. The second-order valence-corrected chi connectivity index (χ2v) is 3.27. The van der Waals surface area contributed by atoms with Gasteiger partial charge in [-0.2, -0.15) is 0 Å². The number of hydrogen-bond acceptors (Lipinski definition) is 2. The Hall–Kier alpha value is -1.03. The van der Waals surface area contributed by atoms with Crippen LogP contribution < -0.4 is 10.9 Å². The van der Waals surface area contributed by atoms with Gasteiger partial charge in [0, 0.05) is 18.8 Å². The fraction of sp³-hybridized carbons (Fsp3) is 0.625. The fourth-order valence-corrected chi connectivity index (χ4v) is 1.62. The van der Waals surface area contributed by atoms with Crippen LogP contribution in [0.15, 0.2) is 17.1 Å². The van der Waals surface area contributed by atoms with Gasteiger partial charge in [0.2, 0.25) is 0 Å². The zero-order chi connectivity index (χ0) is 8.39. The van der Waals surface area contributed by atoms with E-state index < -0.39 is 0 Å². The lowest BCUT2D eigenvalue weighted by Crippen LogP contribution is -2.22. The maximum Gasteiger partial charge on any atom is 0.266 e. The molecule has 0 aliphatic carbocycles. The average molecular weight is 167 g/mol. The molecule has 1 atom stereocenters. The number of nitrogens with one attached hydrogen (secondary N) is 2. The van der Waals surface area contributed by atoms with Crippen LogP contribution in [0.2, 0.25) is 0 Å². The Kier molecular flexibility index (Phi) is 1.99. The number of hydrogen-bond donors (Lipinski definition) is 2. The Balaban J connectivity index is 2.03. The highest BCUT2D eigenvalue weighted by Gasteiger charge is 2.15. The van der Waals surface area contributed by atoms with Crippen LogP contribution in [0.3, 0.4) is 0 Å². The number of rotatable bonds is 2. The van der Waals surface area contributed by atoms with Gasteiger partial charge in [0.15, 0.2) is 0 Å². The van der Waals surface area contributed by atoms with E-state index in [0.717, 1.165) is 19.6 Å². The van der Waals surface area contributed by atoms with Crippen LogP contribution in [-0.2, 0) is 6.54 Å². The van der Waals surface area contributed by atoms with Crippen molar-refractivity contribution in [2.24, 2.45) is 5.92 Å². The summed E-state index contributed by atoms with van der Waals surface area (Å²) in [7, 11) is 0. The first-order valence-electron chi connectivity index (χ1n) is 4.31. The van der Waals surface area contributed by atoms with Gasteiger partial charge in [-0.3, -0.25) is 9.48 Å². The van der Waals surface area contributed by atoms with E-state index in [1.54, 1.807) is 16.9 Å². The smallest absolute Gasteiger partial charge is 0.266 e. The highest BCUT2D eigenvalue weighted by atomic mass is 16.1. The van der Waals surface area contributed by atoms with Crippen molar-refractivity contribution in [3.8, 4) is 0 Å². The Morgan fingerprint density at radius 1 is 1.67 bits per heavy atom. The van der Waals surface area contributed by atoms with Gasteiger partial charge in [-0.25, -0.2) is 0 Å². The predicted octanol–water partition coefficient (Wildman–Crippen LogP) is -0.214. The van der Waals surface area contributed by atoms with E-state index in [1.165, 1.54) is 6.42 Å². The fourth-order valence-electron chi connectivity index (χ4n) is 1.62. The number of aromatic nitrogens is 2. The summed E-state index contributed by atoms with van der Waals surface area (Å²) in [6.07, 6.45) is 2.86. The van der Waals surface area contributed by atoms with E-state index in [1.807, 2.05) is 0 Å². The Morgan fingerprint density at radius 3 is 3.17 bits per heavy atom. The van der Waals surface area contributed by atoms with Crippen molar-refractivity contribution in [3.63, 3.8) is 0 Å². The minimum Gasteiger partial charge on any atom is -0.316 e. The van der Waals surface area contributed by atoms with E-state index in [9.17, 15) is 4.79 Å². The summed E-state index contributed by atoms with van der Waals surface area (Å²) in [5, 5.41) is 6.18. The summed E-state index contributed by atoms with van der Waals surface area (Å²) >= 11 is 0. The van der Waals surface area contributed by atoms with Gasteiger partial charge >= 0.3 is 0 Å². The molecule has 1 fully saturated rings. The molecule has 0 bridgehead atoms. The third-order valence-corrected chi connectivity index (χ3v) is 2.33. The van der Waals surface area contributed by atoms with E-state index in [4.69, 9.17) is 0 Å². The summed E-state index contributed by atoms with van der Waals surface area (Å²) in [6, 6.07) is 1.56. The molecule has 0 radical (unpaired) electrons. The van der Waals surface area contributed by atoms with Crippen LogP contribution in [-0.4, -0.2) is 22.9 Å². The van der Waals surface area contributed by atoms with Crippen molar-refractivity contribution < 1.29 is 0 Å². The lowest BCUT2D eigenvalue weighted by atomic mass is 10.1. The summed E-state index contributed by atoms with van der Waals surface area (Å²) < 4.78 is 1.66. The van der Waals surface area contributed by atoms with Crippen molar-refractivity contribution in [2.45, 2.75) is 13.0 Å². The van der Waals surface area contributed by atoms with Gasteiger partial charge in [0.25, 0.3) is 5.56 Å². The summed E-state index contributed by atoms with van der Waals surface area (Å²) in [6.45, 7) is 2.93. The summed E-state index contributed by atoms with van der Waals surface area (Å²) in [4.78, 5) is 11.1. The standard InChI is InChI=1S/C8H13N3O/c12-8-2-4-10-11(8)6-7-1-3-9-5-7/h2,4,7,9-10H,1,3,5-6H2. The third kappa shape index (κ3) is 1.43. The zero-order valence-corrected chi connectivity index (χ0v) is 6.92. The molecule has 0 saturated carbocycles. The first-order valence-corrected chi connectivity index (χ1v) is 4.31. The molecule has 1 aromatic rings. The largest absolute Gasteiger partial charge is 0.316 e. The summed E-state index contributed by atoms with van der Waals surface area (Å²) in [5.41, 5.74) is 0.0712. The van der Waals surface area contributed by atoms with Gasteiger partial charge in [0.05, 0.1) is 0 Å². The molecule has 12 heavy (non-hydrogen) atoms. The van der Waals surface area contributed by atoms with E-state index in [2.05, 4.69) is 10.4 Å². The topological polar surface area (TPSA) is 49.8 Å². The molecule has 0 spiro atoms. The molecule has 1 aliphatic heterocycles. The lowest BCUT2D eigenvalue weighted by Gasteiger charge is -2.07. The van der Waals surface area contributed by atoms with Crippen molar-refractivity contribution in [3.05, 3.63) is 22.6 Å². The zero-order valence-electron chi connectivity index (χ0n) is 6.92. The molecule has 1 aliphatic rings. The minimum atomic E-state index is 0.0712. The van der Waals surface area contributed by atoms with Crippen molar-refractivity contribution in [1.29, 1.82) is 0 Å². The molecule has 0 aromatic carbocycles. The highest BCUT2D eigenvalue weighted by Crippen LogP contribution is 2.08. The normalized spacial score (nSPS) is 23.2. The van der Waals surface area contributed by atoms with Crippen LogP contribution in [0.4, 0.5) is 0 Å². The first kappa shape index (κ1) is 7.61. The van der Waals surface area contributed by atoms with Crippen LogP contribution in [0, 0.1) is 5.92 Å². The van der Waals surface area contributed by atoms with Gasteiger partial charge in [-0.05, 0) is 25.4 Å².